The zero-order valence-corrected chi connectivity index (χ0v) is 13.1. The Morgan fingerprint density at radius 1 is 1.33 bits per heavy atom. The number of benzene rings is 1. The molecule has 1 heterocycles. The molecule has 2 nitrogen and oxygen atoms in total. The lowest BCUT2D eigenvalue weighted by Crippen LogP contribution is -2.41. The Hall–Kier alpha value is -0.930. The van der Waals surface area contributed by atoms with Crippen LogP contribution >= 0.6 is 0 Å². The van der Waals surface area contributed by atoms with Crippen LogP contribution in [0.5, 0.6) is 0 Å². The van der Waals surface area contributed by atoms with Gasteiger partial charge in [-0.15, -0.1) is 0 Å². The van der Waals surface area contributed by atoms with Crippen molar-refractivity contribution in [2.24, 2.45) is 5.92 Å². The summed E-state index contributed by atoms with van der Waals surface area (Å²) in [6.07, 6.45) is 6.98. The van der Waals surface area contributed by atoms with Crippen molar-refractivity contribution in [3.63, 3.8) is 0 Å². The third-order valence-corrected chi connectivity index (χ3v) is 5.39. The van der Waals surface area contributed by atoms with Gasteiger partial charge in [-0.1, -0.05) is 31.0 Å². The highest BCUT2D eigenvalue weighted by Crippen LogP contribution is 2.45. The molecule has 0 bridgehead atoms. The van der Waals surface area contributed by atoms with Crippen LogP contribution in [0.4, 0.5) is 4.39 Å². The van der Waals surface area contributed by atoms with Crippen LogP contribution in [-0.2, 0) is 4.74 Å². The fourth-order valence-electron chi connectivity index (χ4n) is 4.27. The predicted molar refractivity (Wildman–Crippen MR) is 82.8 cm³/mol. The van der Waals surface area contributed by atoms with E-state index in [1.54, 1.807) is 0 Å². The van der Waals surface area contributed by atoms with E-state index in [1.165, 1.54) is 25.7 Å². The third kappa shape index (κ3) is 2.86. The van der Waals surface area contributed by atoms with Gasteiger partial charge >= 0.3 is 0 Å². The van der Waals surface area contributed by atoms with E-state index in [2.05, 4.69) is 5.32 Å². The monoisotopic (exact) mass is 291 g/mol. The molecule has 0 aromatic heterocycles. The lowest BCUT2D eigenvalue weighted by Gasteiger charge is -2.41. The summed E-state index contributed by atoms with van der Waals surface area (Å²) >= 11 is 0. The number of ether oxygens (including phenoxy) is 1. The molecule has 3 rings (SSSR count). The van der Waals surface area contributed by atoms with E-state index in [0.29, 0.717) is 5.92 Å². The van der Waals surface area contributed by atoms with Crippen LogP contribution in [0.25, 0.3) is 0 Å². The van der Waals surface area contributed by atoms with Crippen molar-refractivity contribution >= 4 is 0 Å². The molecule has 1 aromatic rings. The summed E-state index contributed by atoms with van der Waals surface area (Å²) in [5.41, 5.74) is 1.63. The predicted octanol–water partition coefficient (Wildman–Crippen LogP) is 4.13. The van der Waals surface area contributed by atoms with Crippen molar-refractivity contribution in [2.75, 3.05) is 13.7 Å². The first-order valence-corrected chi connectivity index (χ1v) is 8.21. The molecule has 1 saturated heterocycles. The van der Waals surface area contributed by atoms with Gasteiger partial charge in [-0.2, -0.15) is 0 Å². The van der Waals surface area contributed by atoms with Gasteiger partial charge in [-0.25, -0.2) is 4.39 Å². The van der Waals surface area contributed by atoms with Gasteiger partial charge in [0.25, 0.3) is 0 Å². The lowest BCUT2D eigenvalue weighted by atomic mass is 9.78. The van der Waals surface area contributed by atoms with Gasteiger partial charge in [0.1, 0.15) is 5.82 Å². The topological polar surface area (TPSA) is 21.3 Å². The first-order chi connectivity index (χ1) is 10.2. The van der Waals surface area contributed by atoms with E-state index in [9.17, 15) is 4.39 Å². The number of rotatable bonds is 3. The van der Waals surface area contributed by atoms with Crippen molar-refractivity contribution in [1.82, 2.24) is 5.32 Å². The van der Waals surface area contributed by atoms with Gasteiger partial charge < -0.3 is 10.1 Å². The molecule has 116 valence electrons. The summed E-state index contributed by atoms with van der Waals surface area (Å²) in [7, 11) is 1.95. The fraction of sp³-hybridized carbons (Fsp3) is 0.667. The summed E-state index contributed by atoms with van der Waals surface area (Å²) in [6, 6.07) is 5.82. The molecule has 2 atom stereocenters. The van der Waals surface area contributed by atoms with Crippen LogP contribution in [-0.4, -0.2) is 19.3 Å². The van der Waals surface area contributed by atoms with Gasteiger partial charge in [-0.05, 0) is 51.1 Å². The molecule has 1 spiro atoms. The van der Waals surface area contributed by atoms with Crippen LogP contribution < -0.4 is 5.32 Å². The molecule has 0 radical (unpaired) electrons. The molecule has 1 aromatic carbocycles. The second-order valence-corrected chi connectivity index (χ2v) is 6.74. The zero-order valence-electron chi connectivity index (χ0n) is 13.1. The fourth-order valence-corrected chi connectivity index (χ4v) is 4.27. The van der Waals surface area contributed by atoms with E-state index in [1.807, 2.05) is 32.2 Å². The van der Waals surface area contributed by atoms with Gasteiger partial charge in [0, 0.05) is 18.2 Å². The first-order valence-electron chi connectivity index (χ1n) is 8.21. The number of nitrogens with one attached hydrogen (secondary N) is 1. The van der Waals surface area contributed by atoms with Crippen molar-refractivity contribution in [3.8, 4) is 0 Å². The molecule has 1 N–H and O–H groups in total. The highest BCUT2D eigenvalue weighted by molar-refractivity contribution is 5.28. The van der Waals surface area contributed by atoms with Crippen LogP contribution in [0.15, 0.2) is 18.2 Å². The third-order valence-electron chi connectivity index (χ3n) is 5.39. The number of halogens is 1. The van der Waals surface area contributed by atoms with E-state index in [4.69, 9.17) is 4.74 Å². The zero-order chi connectivity index (χ0) is 14.9. The molecular formula is C18H26FNO. The van der Waals surface area contributed by atoms with Gasteiger partial charge in [0.15, 0.2) is 0 Å². The maximum atomic E-state index is 14.5. The van der Waals surface area contributed by atoms with E-state index in [-0.39, 0.29) is 17.5 Å². The lowest BCUT2D eigenvalue weighted by molar-refractivity contribution is -0.0980. The smallest absolute Gasteiger partial charge is 0.130 e. The Kier molecular flexibility index (Phi) is 4.32. The number of aryl methyl sites for hydroxylation is 1. The minimum absolute atomic E-state index is 0.0520. The van der Waals surface area contributed by atoms with Crippen LogP contribution in [0.2, 0.25) is 0 Å². The van der Waals surface area contributed by atoms with Gasteiger partial charge in [0.05, 0.1) is 5.60 Å². The Morgan fingerprint density at radius 3 is 2.81 bits per heavy atom. The summed E-state index contributed by atoms with van der Waals surface area (Å²) in [5.74, 6) is 0.405. The van der Waals surface area contributed by atoms with Crippen molar-refractivity contribution in [1.29, 1.82) is 0 Å². The first kappa shape index (κ1) is 15.0. The Balaban J connectivity index is 1.84. The number of hydrogen-bond donors (Lipinski definition) is 1. The average Bonchev–Trinajstić information content (AvgIpc) is 2.92. The molecular weight excluding hydrogens is 265 g/mol. The Labute approximate surface area is 127 Å². The summed E-state index contributed by atoms with van der Waals surface area (Å²) < 4.78 is 20.6. The second-order valence-electron chi connectivity index (χ2n) is 6.74. The van der Waals surface area contributed by atoms with Crippen LogP contribution in [0.3, 0.4) is 0 Å². The summed E-state index contributed by atoms with van der Waals surface area (Å²) in [6.45, 7) is 2.66. The number of hydrogen-bond acceptors (Lipinski definition) is 2. The molecule has 21 heavy (non-hydrogen) atoms. The molecule has 0 amide bonds. The molecule has 1 saturated carbocycles. The average molecular weight is 291 g/mol. The maximum Gasteiger partial charge on any atom is 0.130 e. The Morgan fingerprint density at radius 2 is 2.10 bits per heavy atom. The largest absolute Gasteiger partial charge is 0.375 e. The maximum absolute atomic E-state index is 14.5. The molecule has 2 aliphatic rings. The van der Waals surface area contributed by atoms with E-state index >= 15 is 0 Å². The standard InChI is InChI=1S/C18H26FNO/c1-13-6-5-7-15(16(13)19)17(20-2)14-8-11-21-18(12-14)9-3-4-10-18/h5-7,14,17,20H,3-4,8-12H2,1-2H3. The SMILES string of the molecule is CNC(c1cccc(C)c1F)C1CCOC2(CCCC2)C1. The highest BCUT2D eigenvalue weighted by atomic mass is 19.1. The van der Waals surface area contributed by atoms with Crippen molar-refractivity contribution in [2.45, 2.75) is 57.1 Å². The highest BCUT2D eigenvalue weighted by Gasteiger charge is 2.42. The van der Waals surface area contributed by atoms with Gasteiger partial charge in [0.2, 0.25) is 0 Å². The van der Waals surface area contributed by atoms with E-state index in [0.717, 1.165) is 30.6 Å². The van der Waals surface area contributed by atoms with Crippen LogP contribution in [0, 0.1) is 18.7 Å². The summed E-state index contributed by atoms with van der Waals surface area (Å²) in [5, 5.41) is 3.37. The molecule has 2 unspecified atom stereocenters. The molecule has 1 aliphatic carbocycles. The molecule has 1 aliphatic heterocycles. The summed E-state index contributed by atoms with van der Waals surface area (Å²) in [4.78, 5) is 0. The second kappa shape index (κ2) is 6.05. The normalized spacial score (nSPS) is 26.1. The van der Waals surface area contributed by atoms with Gasteiger partial charge in [-0.3, -0.25) is 0 Å². The molecule has 2 fully saturated rings. The van der Waals surface area contributed by atoms with E-state index < -0.39 is 0 Å². The van der Waals surface area contributed by atoms with Crippen molar-refractivity contribution in [3.05, 3.63) is 35.1 Å². The minimum atomic E-state index is -0.0520. The minimum Gasteiger partial charge on any atom is -0.375 e. The molecule has 3 heteroatoms. The Bertz CT molecular complexity index is 496. The van der Waals surface area contributed by atoms with Crippen LogP contribution in [0.1, 0.15) is 55.7 Å². The quantitative estimate of drug-likeness (QED) is 0.904. The van der Waals surface area contributed by atoms with Crippen molar-refractivity contribution < 1.29 is 9.13 Å².